The Labute approximate surface area is 121 Å². The van der Waals surface area contributed by atoms with Crippen LogP contribution in [0.3, 0.4) is 0 Å². The number of hydrogen-bond donors (Lipinski definition) is 0. The minimum absolute atomic E-state index is 0.454. The van der Waals surface area contributed by atoms with Crippen LogP contribution in [0, 0.1) is 29.1 Å². The maximum Gasteiger partial charge on any atom is 0.0489 e. The minimum atomic E-state index is 0.454. The van der Waals surface area contributed by atoms with Crippen LogP contribution in [-0.2, 0) is 11.3 Å². The topological polar surface area (TPSA) is 27.1 Å². The second kappa shape index (κ2) is 4.87. The van der Waals surface area contributed by atoms with Crippen LogP contribution < -0.4 is 0 Å². The van der Waals surface area contributed by atoms with Gasteiger partial charge in [-0.3, -0.25) is 4.68 Å². The quantitative estimate of drug-likeness (QED) is 0.823. The summed E-state index contributed by atoms with van der Waals surface area (Å²) in [6, 6.07) is 2.06. The van der Waals surface area contributed by atoms with Gasteiger partial charge in [0.2, 0.25) is 0 Å². The van der Waals surface area contributed by atoms with Gasteiger partial charge in [0.05, 0.1) is 0 Å². The Morgan fingerprint density at radius 2 is 1.85 bits per heavy atom. The highest BCUT2D eigenvalue weighted by molar-refractivity contribution is 5.06. The van der Waals surface area contributed by atoms with Gasteiger partial charge in [0, 0.05) is 32.7 Å². The van der Waals surface area contributed by atoms with E-state index >= 15 is 0 Å². The Kier molecular flexibility index (Phi) is 3.13. The van der Waals surface area contributed by atoms with Gasteiger partial charge in [-0.1, -0.05) is 0 Å². The van der Waals surface area contributed by atoms with Crippen LogP contribution in [0.5, 0.6) is 0 Å². The Morgan fingerprint density at radius 3 is 2.40 bits per heavy atom. The van der Waals surface area contributed by atoms with E-state index in [1.165, 1.54) is 38.5 Å². The molecule has 0 unspecified atom stereocenters. The number of ether oxygens (including phenoxy) is 1. The molecule has 0 spiro atoms. The molecule has 4 saturated carbocycles. The highest BCUT2D eigenvalue weighted by Crippen LogP contribution is 2.64. The van der Waals surface area contributed by atoms with Gasteiger partial charge in [-0.25, -0.2) is 0 Å². The number of methoxy groups -OCH3 is 1. The SMILES string of the molecule is COCCC1(Cn2cccn2)C2CC3CC(C2)CC1C3. The summed E-state index contributed by atoms with van der Waals surface area (Å²) < 4.78 is 7.64. The van der Waals surface area contributed by atoms with E-state index in [0.717, 1.165) is 36.8 Å². The molecule has 0 atom stereocenters. The van der Waals surface area contributed by atoms with Gasteiger partial charge in [0.1, 0.15) is 0 Å². The monoisotopic (exact) mass is 274 g/mol. The van der Waals surface area contributed by atoms with Gasteiger partial charge in [0.25, 0.3) is 0 Å². The second-order valence-electron chi connectivity index (χ2n) is 7.48. The fraction of sp³-hybridized carbons (Fsp3) is 0.824. The summed E-state index contributed by atoms with van der Waals surface area (Å²) in [7, 11) is 1.84. The second-order valence-corrected chi connectivity index (χ2v) is 7.48. The lowest BCUT2D eigenvalue weighted by atomic mass is 9.44. The van der Waals surface area contributed by atoms with Crippen LogP contribution in [-0.4, -0.2) is 23.5 Å². The summed E-state index contributed by atoms with van der Waals surface area (Å²) >= 11 is 0. The molecule has 3 nitrogen and oxygen atoms in total. The normalized spacial score (nSPS) is 42.2. The average molecular weight is 274 g/mol. The molecule has 1 aromatic rings. The van der Waals surface area contributed by atoms with Crippen molar-refractivity contribution in [1.82, 2.24) is 9.78 Å². The highest BCUT2D eigenvalue weighted by Gasteiger charge is 2.56. The van der Waals surface area contributed by atoms with Gasteiger partial charge in [-0.2, -0.15) is 5.10 Å². The maximum atomic E-state index is 5.46. The van der Waals surface area contributed by atoms with Crippen molar-refractivity contribution in [2.24, 2.45) is 29.1 Å². The van der Waals surface area contributed by atoms with Crippen molar-refractivity contribution in [3.05, 3.63) is 18.5 Å². The molecule has 110 valence electrons. The van der Waals surface area contributed by atoms with Crippen LogP contribution in [0.4, 0.5) is 0 Å². The fourth-order valence-corrected chi connectivity index (χ4v) is 5.86. The summed E-state index contributed by atoms with van der Waals surface area (Å²) in [5.74, 6) is 3.90. The lowest BCUT2D eigenvalue weighted by molar-refractivity contribution is -0.130. The molecule has 0 N–H and O–H groups in total. The largest absolute Gasteiger partial charge is 0.385 e. The van der Waals surface area contributed by atoms with Crippen LogP contribution in [0.1, 0.15) is 38.5 Å². The van der Waals surface area contributed by atoms with Crippen LogP contribution in [0.15, 0.2) is 18.5 Å². The molecule has 0 radical (unpaired) electrons. The van der Waals surface area contributed by atoms with Gasteiger partial charge in [0.15, 0.2) is 0 Å². The van der Waals surface area contributed by atoms with Gasteiger partial charge in [-0.05, 0) is 73.7 Å². The Balaban J connectivity index is 1.64. The van der Waals surface area contributed by atoms with Gasteiger partial charge >= 0.3 is 0 Å². The first-order valence-corrected chi connectivity index (χ1v) is 8.26. The zero-order chi connectivity index (χ0) is 13.6. The maximum absolute atomic E-state index is 5.46. The van der Waals surface area contributed by atoms with E-state index < -0.39 is 0 Å². The van der Waals surface area contributed by atoms with Crippen molar-refractivity contribution in [1.29, 1.82) is 0 Å². The van der Waals surface area contributed by atoms with Crippen molar-refractivity contribution in [2.45, 2.75) is 45.1 Å². The van der Waals surface area contributed by atoms with E-state index in [4.69, 9.17) is 4.74 Å². The average Bonchev–Trinajstić information content (AvgIpc) is 2.93. The Morgan fingerprint density at radius 1 is 1.15 bits per heavy atom. The van der Waals surface area contributed by atoms with Crippen molar-refractivity contribution in [2.75, 3.05) is 13.7 Å². The summed E-state index contributed by atoms with van der Waals surface area (Å²) in [5, 5.41) is 4.50. The lowest BCUT2D eigenvalue weighted by Gasteiger charge is -2.61. The molecule has 20 heavy (non-hydrogen) atoms. The predicted molar refractivity (Wildman–Crippen MR) is 78.2 cm³/mol. The Bertz CT molecular complexity index is 426. The zero-order valence-corrected chi connectivity index (χ0v) is 12.5. The molecular formula is C17H26N2O. The van der Waals surface area contributed by atoms with E-state index in [9.17, 15) is 0 Å². The van der Waals surface area contributed by atoms with E-state index in [1.54, 1.807) is 0 Å². The van der Waals surface area contributed by atoms with E-state index in [-0.39, 0.29) is 0 Å². The van der Waals surface area contributed by atoms with Crippen molar-refractivity contribution in [3.63, 3.8) is 0 Å². The lowest BCUT2D eigenvalue weighted by Crippen LogP contribution is -2.55. The third-order valence-electron chi connectivity index (χ3n) is 6.55. The molecule has 1 heterocycles. The molecule has 0 amide bonds. The molecule has 0 aromatic carbocycles. The summed E-state index contributed by atoms with van der Waals surface area (Å²) in [5.41, 5.74) is 0.454. The highest BCUT2D eigenvalue weighted by atomic mass is 16.5. The van der Waals surface area contributed by atoms with E-state index in [2.05, 4.69) is 22.0 Å². The van der Waals surface area contributed by atoms with Crippen LogP contribution in [0.25, 0.3) is 0 Å². The molecule has 0 aliphatic heterocycles. The molecule has 1 aromatic heterocycles. The van der Waals surface area contributed by atoms with Crippen molar-refractivity contribution < 1.29 is 4.74 Å². The van der Waals surface area contributed by atoms with Gasteiger partial charge in [-0.15, -0.1) is 0 Å². The molecule has 0 saturated heterocycles. The Hall–Kier alpha value is -0.830. The summed E-state index contributed by atoms with van der Waals surface area (Å²) in [6.45, 7) is 2.02. The molecule has 4 aliphatic carbocycles. The first-order chi connectivity index (χ1) is 9.80. The molecule has 4 aliphatic rings. The number of hydrogen-bond acceptors (Lipinski definition) is 2. The fourth-order valence-electron chi connectivity index (χ4n) is 5.86. The first kappa shape index (κ1) is 12.9. The van der Waals surface area contributed by atoms with Gasteiger partial charge < -0.3 is 4.74 Å². The molecule has 4 fully saturated rings. The molecule has 4 bridgehead atoms. The number of rotatable bonds is 5. The van der Waals surface area contributed by atoms with E-state index in [0.29, 0.717) is 5.41 Å². The van der Waals surface area contributed by atoms with Crippen LogP contribution >= 0.6 is 0 Å². The molecular weight excluding hydrogens is 248 g/mol. The first-order valence-electron chi connectivity index (χ1n) is 8.26. The smallest absolute Gasteiger partial charge is 0.0489 e. The summed E-state index contributed by atoms with van der Waals surface area (Å²) in [6.07, 6.45) is 12.7. The molecule has 5 rings (SSSR count). The van der Waals surface area contributed by atoms with Crippen LogP contribution in [0.2, 0.25) is 0 Å². The van der Waals surface area contributed by atoms with Crippen molar-refractivity contribution in [3.8, 4) is 0 Å². The summed E-state index contributed by atoms with van der Waals surface area (Å²) in [4.78, 5) is 0. The third kappa shape index (κ3) is 1.93. The van der Waals surface area contributed by atoms with E-state index in [1.807, 2.05) is 13.3 Å². The standard InChI is InChI=1S/C17H26N2O/c1-20-6-3-17(12-19-5-2-4-18-19)15-8-13-7-14(10-15)11-16(17)9-13/h2,4-5,13-16H,3,6-12H2,1H3. The molecule has 3 heteroatoms. The minimum Gasteiger partial charge on any atom is -0.385 e. The number of nitrogens with zero attached hydrogens (tertiary/aromatic N) is 2. The predicted octanol–water partition coefficient (Wildman–Crippen LogP) is 3.36. The zero-order valence-electron chi connectivity index (χ0n) is 12.5. The third-order valence-corrected chi connectivity index (χ3v) is 6.55. The van der Waals surface area contributed by atoms with Crippen molar-refractivity contribution >= 4 is 0 Å². The number of aromatic nitrogens is 2.